The zero-order valence-electron chi connectivity index (χ0n) is 20.0. The fourth-order valence-electron chi connectivity index (χ4n) is 4.05. The standard InChI is InChI=1S/C20H37N3O14/c1-6(28)23-7(2-24)17(36-19-11(21)15(32)13(30)9(4-26)34-19)18(8(29)3-25)37-20-12(22)16(33)14(31)10(5-27)35-20/h2,7-20,25-27,29-33H,3-5,21-22H2,1H3,(H,23,28). The van der Waals surface area contributed by atoms with E-state index in [1.54, 1.807) is 0 Å². The SMILES string of the molecule is CC(=O)NC(C=O)C(OC1OC(CO)C(O)C(O)C1N)C(OC1OC(CO)C(O)C(O)C1N)C(O)CO. The number of nitrogens with one attached hydrogen (secondary N) is 1. The van der Waals surface area contributed by atoms with Crippen LogP contribution in [0.25, 0.3) is 0 Å². The molecule has 2 aliphatic rings. The number of carbonyl (C=O) groups excluding carboxylic acids is 2. The zero-order valence-corrected chi connectivity index (χ0v) is 20.0. The van der Waals surface area contributed by atoms with E-state index < -0.39 is 111 Å². The normalized spacial score (nSPS) is 39.9. The van der Waals surface area contributed by atoms with Gasteiger partial charge in [0.05, 0.1) is 31.9 Å². The van der Waals surface area contributed by atoms with Gasteiger partial charge in [0.15, 0.2) is 12.6 Å². The number of aldehydes is 1. The van der Waals surface area contributed by atoms with Gasteiger partial charge >= 0.3 is 0 Å². The molecular formula is C20H37N3O14. The van der Waals surface area contributed by atoms with Crippen LogP contribution in [0.2, 0.25) is 0 Å². The Kier molecular flexibility index (Phi) is 12.1. The van der Waals surface area contributed by atoms with Crippen molar-refractivity contribution in [1.82, 2.24) is 5.32 Å². The summed E-state index contributed by atoms with van der Waals surface area (Å²) < 4.78 is 22.2. The first kappa shape index (κ1) is 31.8. The van der Waals surface area contributed by atoms with Crippen LogP contribution in [0.3, 0.4) is 0 Å². The first-order valence-electron chi connectivity index (χ1n) is 11.5. The van der Waals surface area contributed by atoms with Gasteiger partial charge in [-0.2, -0.15) is 0 Å². The van der Waals surface area contributed by atoms with Crippen molar-refractivity contribution in [3.05, 3.63) is 0 Å². The summed E-state index contributed by atoms with van der Waals surface area (Å²) in [5, 5.41) is 82.0. The minimum atomic E-state index is -1.85. The number of carbonyl (C=O) groups is 2. The van der Waals surface area contributed by atoms with Gasteiger partial charge in [0.25, 0.3) is 0 Å². The predicted octanol–water partition coefficient (Wildman–Crippen LogP) is -7.65. The third kappa shape index (κ3) is 7.37. The second-order valence-electron chi connectivity index (χ2n) is 8.88. The number of aliphatic hydroxyl groups excluding tert-OH is 8. The number of rotatable bonds is 12. The molecule has 14 unspecified atom stereocenters. The van der Waals surface area contributed by atoms with Crippen LogP contribution in [-0.4, -0.2) is 159 Å². The van der Waals surface area contributed by atoms with E-state index in [2.05, 4.69) is 5.32 Å². The maximum absolute atomic E-state index is 11.9. The maximum Gasteiger partial charge on any atom is 0.217 e. The summed E-state index contributed by atoms with van der Waals surface area (Å²) in [6, 6.07) is -4.51. The lowest BCUT2D eigenvalue weighted by Crippen LogP contribution is -2.67. The largest absolute Gasteiger partial charge is 0.394 e. The topological polar surface area (TPSA) is 297 Å². The average Bonchev–Trinajstić information content (AvgIpc) is 2.88. The smallest absolute Gasteiger partial charge is 0.217 e. The van der Waals surface area contributed by atoms with Crippen molar-refractivity contribution in [2.75, 3.05) is 19.8 Å². The number of aliphatic hydroxyl groups is 8. The van der Waals surface area contributed by atoms with Gasteiger partial charge in [-0.05, 0) is 0 Å². The molecule has 0 aromatic rings. The number of hydrogen-bond acceptors (Lipinski definition) is 16. The molecule has 2 rings (SSSR count). The Labute approximate surface area is 211 Å². The van der Waals surface area contributed by atoms with E-state index in [1.165, 1.54) is 0 Å². The zero-order chi connectivity index (χ0) is 28.0. The van der Waals surface area contributed by atoms with Gasteiger partial charge in [0.2, 0.25) is 5.91 Å². The molecule has 14 atom stereocenters. The van der Waals surface area contributed by atoms with Crippen LogP contribution in [0, 0.1) is 0 Å². The molecule has 2 fully saturated rings. The van der Waals surface area contributed by atoms with Crippen LogP contribution in [0.5, 0.6) is 0 Å². The van der Waals surface area contributed by atoms with Crippen LogP contribution in [0.4, 0.5) is 0 Å². The van der Waals surface area contributed by atoms with Crippen LogP contribution >= 0.6 is 0 Å². The van der Waals surface area contributed by atoms with Crippen molar-refractivity contribution >= 4 is 12.2 Å². The van der Waals surface area contributed by atoms with Crippen LogP contribution in [-0.2, 0) is 28.5 Å². The number of amides is 1. The summed E-state index contributed by atoms with van der Waals surface area (Å²) in [6.07, 6.45) is -17.7. The van der Waals surface area contributed by atoms with E-state index in [1.807, 2.05) is 0 Å². The summed E-state index contributed by atoms with van der Waals surface area (Å²) in [4.78, 5) is 23.7. The van der Waals surface area contributed by atoms with E-state index in [9.17, 15) is 50.4 Å². The summed E-state index contributed by atoms with van der Waals surface area (Å²) >= 11 is 0. The summed E-state index contributed by atoms with van der Waals surface area (Å²) in [5.74, 6) is -0.718. The lowest BCUT2D eigenvalue weighted by atomic mass is 9.96. The first-order chi connectivity index (χ1) is 17.4. The van der Waals surface area contributed by atoms with Gasteiger partial charge in [-0.25, -0.2) is 0 Å². The lowest BCUT2D eigenvalue weighted by Gasteiger charge is -2.45. The molecule has 0 aliphatic carbocycles. The molecule has 216 valence electrons. The minimum absolute atomic E-state index is 0.215. The van der Waals surface area contributed by atoms with Gasteiger partial charge in [-0.15, -0.1) is 0 Å². The maximum atomic E-state index is 11.9. The number of hydrogen-bond donors (Lipinski definition) is 11. The molecule has 0 bridgehead atoms. The van der Waals surface area contributed by atoms with E-state index in [0.29, 0.717) is 0 Å². The predicted molar refractivity (Wildman–Crippen MR) is 118 cm³/mol. The highest BCUT2D eigenvalue weighted by molar-refractivity contribution is 5.77. The molecule has 37 heavy (non-hydrogen) atoms. The summed E-state index contributed by atoms with van der Waals surface area (Å²) in [7, 11) is 0. The Balaban J connectivity index is 2.43. The summed E-state index contributed by atoms with van der Waals surface area (Å²) in [6.45, 7) is -1.43. The van der Waals surface area contributed by atoms with Crippen molar-refractivity contribution in [3.8, 4) is 0 Å². The molecule has 17 nitrogen and oxygen atoms in total. The number of nitrogens with two attached hydrogens (primary N) is 2. The second kappa shape index (κ2) is 14.1. The molecule has 13 N–H and O–H groups in total. The van der Waals surface area contributed by atoms with E-state index in [-0.39, 0.29) is 6.29 Å². The van der Waals surface area contributed by atoms with Crippen molar-refractivity contribution in [3.63, 3.8) is 0 Å². The highest BCUT2D eigenvalue weighted by Gasteiger charge is 2.49. The van der Waals surface area contributed by atoms with Gasteiger partial charge in [-0.3, -0.25) is 4.79 Å². The van der Waals surface area contributed by atoms with Crippen LogP contribution in [0.15, 0.2) is 0 Å². The molecule has 2 saturated heterocycles. The quantitative estimate of drug-likeness (QED) is 0.102. The molecule has 0 aromatic heterocycles. The van der Waals surface area contributed by atoms with Gasteiger partial charge < -0.3 is 81.4 Å². The Morgan fingerprint density at radius 3 is 1.68 bits per heavy atom. The molecule has 0 spiro atoms. The van der Waals surface area contributed by atoms with E-state index in [4.69, 9.17) is 30.4 Å². The Morgan fingerprint density at radius 2 is 1.32 bits per heavy atom. The lowest BCUT2D eigenvalue weighted by molar-refractivity contribution is -0.322. The molecule has 2 heterocycles. The average molecular weight is 544 g/mol. The molecule has 0 saturated carbocycles. The third-order valence-electron chi connectivity index (χ3n) is 6.20. The van der Waals surface area contributed by atoms with Crippen molar-refractivity contribution in [1.29, 1.82) is 0 Å². The van der Waals surface area contributed by atoms with Crippen molar-refractivity contribution < 1.29 is 69.4 Å². The monoisotopic (exact) mass is 543 g/mol. The fraction of sp³-hybridized carbons (Fsp3) is 0.900. The van der Waals surface area contributed by atoms with Gasteiger partial charge in [0, 0.05) is 6.92 Å². The summed E-state index contributed by atoms with van der Waals surface area (Å²) in [5.41, 5.74) is 11.8. The highest BCUT2D eigenvalue weighted by atomic mass is 16.7. The molecule has 1 amide bonds. The van der Waals surface area contributed by atoms with Crippen molar-refractivity contribution in [2.24, 2.45) is 11.5 Å². The third-order valence-corrected chi connectivity index (χ3v) is 6.20. The van der Waals surface area contributed by atoms with Gasteiger partial charge in [-0.1, -0.05) is 0 Å². The van der Waals surface area contributed by atoms with Crippen LogP contribution in [0.1, 0.15) is 6.92 Å². The number of ether oxygens (including phenoxy) is 4. The first-order valence-corrected chi connectivity index (χ1v) is 11.5. The Morgan fingerprint density at radius 1 is 0.892 bits per heavy atom. The Hall–Kier alpha value is -1.42. The molecule has 17 heteroatoms. The molecule has 0 radical (unpaired) electrons. The molecular weight excluding hydrogens is 506 g/mol. The highest BCUT2D eigenvalue weighted by Crippen LogP contribution is 2.28. The molecule has 2 aliphatic heterocycles. The van der Waals surface area contributed by atoms with E-state index in [0.717, 1.165) is 6.92 Å². The van der Waals surface area contributed by atoms with Crippen LogP contribution < -0.4 is 16.8 Å². The minimum Gasteiger partial charge on any atom is -0.394 e. The Bertz CT molecular complexity index is 732. The van der Waals surface area contributed by atoms with E-state index >= 15 is 0 Å². The van der Waals surface area contributed by atoms with Crippen molar-refractivity contribution in [2.45, 2.75) is 92.6 Å². The van der Waals surface area contributed by atoms with Gasteiger partial charge in [0.1, 0.15) is 67.3 Å². The molecule has 0 aromatic carbocycles. The second-order valence-corrected chi connectivity index (χ2v) is 8.88. The fourth-order valence-corrected chi connectivity index (χ4v) is 4.05.